The van der Waals surface area contributed by atoms with Crippen molar-refractivity contribution >= 4 is 11.3 Å². The summed E-state index contributed by atoms with van der Waals surface area (Å²) in [6.07, 6.45) is 2.47. The van der Waals surface area contributed by atoms with E-state index in [4.69, 9.17) is 0 Å². The van der Waals surface area contributed by atoms with Crippen LogP contribution < -0.4 is 5.32 Å². The van der Waals surface area contributed by atoms with Gasteiger partial charge in [-0.15, -0.1) is 11.3 Å². The van der Waals surface area contributed by atoms with Gasteiger partial charge in [-0.05, 0) is 64.0 Å². The summed E-state index contributed by atoms with van der Waals surface area (Å²) in [5, 5.41) is 5.80. The molecule has 1 unspecified atom stereocenters. The number of hydrogen-bond donors (Lipinski definition) is 1. The highest BCUT2D eigenvalue weighted by molar-refractivity contribution is 7.10. The minimum atomic E-state index is 0.596. The summed E-state index contributed by atoms with van der Waals surface area (Å²) in [5.41, 5.74) is 1.56. The van der Waals surface area contributed by atoms with Crippen molar-refractivity contribution in [3.8, 4) is 0 Å². The molecule has 2 heterocycles. The Hall–Kier alpha value is -0.420. The lowest BCUT2D eigenvalue weighted by Gasteiger charge is -2.33. The fourth-order valence-corrected chi connectivity index (χ4v) is 3.70. The van der Waals surface area contributed by atoms with E-state index in [9.17, 15) is 0 Å². The van der Waals surface area contributed by atoms with Crippen molar-refractivity contribution in [3.05, 3.63) is 21.9 Å². The van der Waals surface area contributed by atoms with E-state index in [1.54, 1.807) is 10.4 Å². The van der Waals surface area contributed by atoms with Gasteiger partial charge in [0, 0.05) is 30.6 Å². The van der Waals surface area contributed by atoms with E-state index >= 15 is 0 Å². The molecule has 0 fully saturated rings. The molecular formula is C15H27N3S. The van der Waals surface area contributed by atoms with Crippen LogP contribution >= 0.6 is 11.3 Å². The van der Waals surface area contributed by atoms with E-state index in [0.717, 1.165) is 13.1 Å². The summed E-state index contributed by atoms with van der Waals surface area (Å²) in [6, 6.07) is 2.90. The molecule has 0 amide bonds. The molecule has 0 aromatic carbocycles. The van der Waals surface area contributed by atoms with E-state index in [1.807, 2.05) is 11.3 Å². The topological polar surface area (TPSA) is 18.5 Å². The molecule has 1 aliphatic rings. The second-order valence-corrected chi connectivity index (χ2v) is 6.67. The van der Waals surface area contributed by atoms with Crippen molar-refractivity contribution < 1.29 is 0 Å². The van der Waals surface area contributed by atoms with Crippen molar-refractivity contribution in [1.29, 1.82) is 0 Å². The lowest BCUT2D eigenvalue weighted by molar-refractivity contribution is 0.200. The molecule has 0 spiro atoms. The fraction of sp³-hybridized carbons (Fsp3) is 0.733. The van der Waals surface area contributed by atoms with Crippen molar-refractivity contribution in [2.24, 2.45) is 0 Å². The molecule has 0 saturated carbocycles. The zero-order chi connectivity index (χ0) is 13.7. The van der Waals surface area contributed by atoms with Gasteiger partial charge in [0.05, 0.1) is 0 Å². The highest BCUT2D eigenvalue weighted by Crippen LogP contribution is 2.32. The number of nitrogens with one attached hydrogen (secondary N) is 1. The van der Waals surface area contributed by atoms with Gasteiger partial charge in [0.1, 0.15) is 0 Å². The Balaban J connectivity index is 1.65. The monoisotopic (exact) mass is 281 g/mol. The summed E-state index contributed by atoms with van der Waals surface area (Å²) in [4.78, 5) is 6.45. The van der Waals surface area contributed by atoms with Gasteiger partial charge >= 0.3 is 0 Å². The van der Waals surface area contributed by atoms with E-state index < -0.39 is 0 Å². The van der Waals surface area contributed by atoms with Gasteiger partial charge in [0.2, 0.25) is 0 Å². The molecule has 4 heteroatoms. The first kappa shape index (κ1) is 15.0. The van der Waals surface area contributed by atoms with Crippen LogP contribution in [-0.2, 0) is 6.42 Å². The number of hydrogen-bond acceptors (Lipinski definition) is 4. The Morgan fingerprint density at radius 1 is 1.42 bits per heavy atom. The Morgan fingerprint density at radius 2 is 2.26 bits per heavy atom. The Bertz CT molecular complexity index is 375. The average molecular weight is 281 g/mol. The maximum absolute atomic E-state index is 3.56. The number of fused-ring (bicyclic) bond motifs is 1. The van der Waals surface area contributed by atoms with Gasteiger partial charge in [-0.1, -0.05) is 0 Å². The highest BCUT2D eigenvalue weighted by Gasteiger charge is 2.23. The van der Waals surface area contributed by atoms with Gasteiger partial charge in [0.25, 0.3) is 0 Å². The normalized spacial score (nSPS) is 19.9. The third-order valence-electron chi connectivity index (χ3n) is 3.94. The third-order valence-corrected chi connectivity index (χ3v) is 4.93. The lowest BCUT2D eigenvalue weighted by Crippen LogP contribution is -2.38. The molecular weight excluding hydrogens is 254 g/mol. The SMILES string of the molecule is CC1c2ccsc2CCN1CCNCCCN(C)C. The van der Waals surface area contributed by atoms with Gasteiger partial charge in [-0.25, -0.2) is 0 Å². The van der Waals surface area contributed by atoms with Crippen molar-refractivity contribution in [3.63, 3.8) is 0 Å². The lowest BCUT2D eigenvalue weighted by atomic mass is 10.0. The molecule has 1 aromatic heterocycles. The van der Waals surface area contributed by atoms with Crippen molar-refractivity contribution in [2.75, 3.05) is 46.8 Å². The molecule has 19 heavy (non-hydrogen) atoms. The number of thiophene rings is 1. The molecule has 0 saturated heterocycles. The standard InChI is InChI=1S/C15H27N3S/c1-13-14-6-12-19-15(14)5-10-18(13)11-8-16-7-4-9-17(2)3/h6,12-13,16H,4-5,7-11H2,1-3H3. The average Bonchev–Trinajstić information content (AvgIpc) is 2.84. The first-order chi connectivity index (χ1) is 9.18. The minimum Gasteiger partial charge on any atom is -0.315 e. The van der Waals surface area contributed by atoms with Crippen molar-refractivity contribution in [2.45, 2.75) is 25.8 Å². The van der Waals surface area contributed by atoms with Crippen LogP contribution in [0.1, 0.15) is 29.8 Å². The molecule has 1 aromatic rings. The fourth-order valence-electron chi connectivity index (χ4n) is 2.73. The van der Waals surface area contributed by atoms with Crippen LogP contribution in [0.2, 0.25) is 0 Å². The molecule has 0 bridgehead atoms. The third kappa shape index (κ3) is 4.28. The first-order valence-corrected chi connectivity index (χ1v) is 8.22. The van der Waals surface area contributed by atoms with Gasteiger partial charge in [-0.3, -0.25) is 4.90 Å². The van der Waals surface area contributed by atoms with E-state index in [2.05, 4.69) is 47.6 Å². The molecule has 0 radical (unpaired) electrons. The molecule has 0 aliphatic carbocycles. The second kappa shape index (κ2) is 7.39. The Kier molecular flexibility index (Phi) is 5.82. The highest BCUT2D eigenvalue weighted by atomic mass is 32.1. The zero-order valence-corrected chi connectivity index (χ0v) is 13.3. The number of rotatable bonds is 7. The molecule has 1 atom stereocenters. The summed E-state index contributed by atoms with van der Waals surface area (Å²) < 4.78 is 0. The smallest absolute Gasteiger partial charge is 0.0331 e. The Morgan fingerprint density at radius 3 is 3.05 bits per heavy atom. The molecule has 1 aliphatic heterocycles. The predicted octanol–water partition coefficient (Wildman–Crippen LogP) is 2.21. The zero-order valence-electron chi connectivity index (χ0n) is 12.5. The van der Waals surface area contributed by atoms with Crippen LogP contribution in [-0.4, -0.2) is 56.6 Å². The molecule has 108 valence electrons. The van der Waals surface area contributed by atoms with Crippen LogP contribution in [0.5, 0.6) is 0 Å². The summed E-state index contributed by atoms with van der Waals surface area (Å²) in [7, 11) is 4.27. The van der Waals surface area contributed by atoms with Crippen molar-refractivity contribution in [1.82, 2.24) is 15.1 Å². The van der Waals surface area contributed by atoms with E-state index in [1.165, 1.54) is 32.5 Å². The minimum absolute atomic E-state index is 0.596. The predicted molar refractivity (Wildman–Crippen MR) is 84.1 cm³/mol. The summed E-state index contributed by atoms with van der Waals surface area (Å²) in [6.45, 7) is 8.13. The van der Waals surface area contributed by atoms with Crippen LogP contribution in [0, 0.1) is 0 Å². The summed E-state index contributed by atoms with van der Waals surface area (Å²) >= 11 is 1.92. The molecule has 2 rings (SSSR count). The quantitative estimate of drug-likeness (QED) is 0.773. The van der Waals surface area contributed by atoms with Crippen LogP contribution in [0.25, 0.3) is 0 Å². The molecule has 3 nitrogen and oxygen atoms in total. The number of nitrogens with zero attached hydrogens (tertiary/aromatic N) is 2. The second-order valence-electron chi connectivity index (χ2n) is 5.67. The van der Waals surface area contributed by atoms with Gasteiger partial charge in [0.15, 0.2) is 0 Å². The van der Waals surface area contributed by atoms with E-state index in [0.29, 0.717) is 6.04 Å². The van der Waals surface area contributed by atoms with Gasteiger partial charge in [-0.2, -0.15) is 0 Å². The molecule has 1 N–H and O–H groups in total. The van der Waals surface area contributed by atoms with Gasteiger partial charge < -0.3 is 10.2 Å². The van der Waals surface area contributed by atoms with E-state index in [-0.39, 0.29) is 0 Å². The maximum Gasteiger partial charge on any atom is 0.0331 e. The summed E-state index contributed by atoms with van der Waals surface area (Å²) in [5.74, 6) is 0. The first-order valence-electron chi connectivity index (χ1n) is 7.34. The van der Waals surface area contributed by atoms with Crippen LogP contribution in [0.4, 0.5) is 0 Å². The largest absolute Gasteiger partial charge is 0.315 e. The Labute approximate surface area is 121 Å². The van der Waals surface area contributed by atoms with Crippen LogP contribution in [0.15, 0.2) is 11.4 Å². The maximum atomic E-state index is 3.56. The van der Waals surface area contributed by atoms with Crippen LogP contribution in [0.3, 0.4) is 0 Å².